The van der Waals surface area contributed by atoms with Crippen molar-refractivity contribution in [3.63, 3.8) is 0 Å². The van der Waals surface area contributed by atoms with Gasteiger partial charge in [-0.15, -0.1) is 21.5 Å². The summed E-state index contributed by atoms with van der Waals surface area (Å²) in [4.78, 5) is 5.22. The lowest BCUT2D eigenvalue weighted by Crippen LogP contribution is -2.02. The molecule has 1 aliphatic rings. The molecule has 7 heteroatoms. The van der Waals surface area contributed by atoms with Crippen molar-refractivity contribution in [2.24, 2.45) is 0 Å². The first kappa shape index (κ1) is 12.4. The molecule has 2 aromatic rings. The summed E-state index contributed by atoms with van der Waals surface area (Å²) in [5.41, 5.74) is 0. The smallest absolute Gasteiger partial charge is 0.191 e. The summed E-state index contributed by atoms with van der Waals surface area (Å²) in [5.74, 6) is 2.00. The van der Waals surface area contributed by atoms with Crippen molar-refractivity contribution in [2.45, 2.75) is 43.1 Å². The Morgan fingerprint density at radius 1 is 1.33 bits per heavy atom. The molecule has 0 atom stereocenters. The van der Waals surface area contributed by atoms with Crippen LogP contribution in [0.15, 0.2) is 11.4 Å². The van der Waals surface area contributed by atoms with Crippen molar-refractivity contribution in [1.82, 2.24) is 19.7 Å². The van der Waals surface area contributed by atoms with Crippen LogP contribution in [-0.4, -0.2) is 19.7 Å². The van der Waals surface area contributed by atoms with Crippen LogP contribution < -0.4 is 0 Å². The van der Waals surface area contributed by atoms with E-state index in [9.17, 15) is 0 Å². The molecule has 18 heavy (non-hydrogen) atoms. The molecule has 0 fully saturated rings. The third kappa shape index (κ3) is 2.70. The molecule has 0 amide bonds. The minimum Gasteiger partial charge on any atom is -0.306 e. The van der Waals surface area contributed by atoms with Crippen LogP contribution in [0.2, 0.25) is 4.47 Å². The van der Waals surface area contributed by atoms with Gasteiger partial charge in [0.2, 0.25) is 0 Å². The fourth-order valence-corrected chi connectivity index (χ4v) is 4.03. The lowest BCUT2D eigenvalue weighted by atomic mass is 10.2. The standard InChI is InChI=1S/C11H13ClN4S2/c12-10-13-6-8(18-10)7-17-11-15-14-9-4-2-1-3-5-16(9)11/h6H,1-5,7H2. The summed E-state index contributed by atoms with van der Waals surface area (Å²) in [7, 11) is 0. The number of hydrogen-bond acceptors (Lipinski definition) is 5. The quantitative estimate of drug-likeness (QED) is 0.815. The molecular formula is C11H13ClN4S2. The van der Waals surface area contributed by atoms with Crippen LogP contribution in [0.25, 0.3) is 0 Å². The summed E-state index contributed by atoms with van der Waals surface area (Å²) in [6.07, 6.45) is 6.63. The summed E-state index contributed by atoms with van der Waals surface area (Å²) < 4.78 is 2.87. The summed E-state index contributed by atoms with van der Waals surface area (Å²) in [6.45, 7) is 1.05. The van der Waals surface area contributed by atoms with E-state index in [1.54, 1.807) is 11.8 Å². The average Bonchev–Trinajstić information content (AvgIpc) is 2.87. The zero-order chi connectivity index (χ0) is 12.4. The Hall–Kier alpha value is -0.590. The minimum atomic E-state index is 0.602. The molecule has 0 bridgehead atoms. The molecule has 0 radical (unpaired) electrons. The fraction of sp³-hybridized carbons (Fsp3) is 0.545. The Morgan fingerprint density at radius 3 is 3.11 bits per heavy atom. The van der Waals surface area contributed by atoms with Gasteiger partial charge in [-0.2, -0.15) is 0 Å². The number of aryl methyl sites for hydroxylation is 1. The number of rotatable bonds is 3. The van der Waals surface area contributed by atoms with Crippen LogP contribution >= 0.6 is 34.7 Å². The Balaban J connectivity index is 1.71. The highest BCUT2D eigenvalue weighted by Crippen LogP contribution is 2.28. The van der Waals surface area contributed by atoms with E-state index < -0.39 is 0 Å². The number of thioether (sulfide) groups is 1. The van der Waals surface area contributed by atoms with Gasteiger partial charge >= 0.3 is 0 Å². The molecule has 0 aromatic carbocycles. The number of hydrogen-bond donors (Lipinski definition) is 0. The van der Waals surface area contributed by atoms with Crippen molar-refractivity contribution < 1.29 is 0 Å². The molecule has 3 heterocycles. The first-order valence-corrected chi connectivity index (χ1v) is 8.16. The van der Waals surface area contributed by atoms with Crippen molar-refractivity contribution in [3.8, 4) is 0 Å². The van der Waals surface area contributed by atoms with Crippen LogP contribution in [0.3, 0.4) is 0 Å². The van der Waals surface area contributed by atoms with Gasteiger partial charge in [-0.05, 0) is 12.8 Å². The molecule has 0 N–H and O–H groups in total. The molecule has 96 valence electrons. The number of fused-ring (bicyclic) bond motifs is 1. The third-order valence-electron chi connectivity index (χ3n) is 2.94. The van der Waals surface area contributed by atoms with Gasteiger partial charge in [0, 0.05) is 29.8 Å². The minimum absolute atomic E-state index is 0.602. The topological polar surface area (TPSA) is 43.6 Å². The van der Waals surface area contributed by atoms with Crippen LogP contribution in [0, 0.1) is 0 Å². The number of aromatic nitrogens is 4. The second-order valence-corrected chi connectivity index (χ2v) is 6.87. The number of halogens is 1. The molecule has 0 spiro atoms. The maximum atomic E-state index is 5.82. The molecular weight excluding hydrogens is 288 g/mol. The van der Waals surface area contributed by atoms with Gasteiger partial charge in [-0.1, -0.05) is 29.8 Å². The monoisotopic (exact) mass is 300 g/mol. The van der Waals surface area contributed by atoms with E-state index in [0.29, 0.717) is 4.47 Å². The highest BCUT2D eigenvalue weighted by molar-refractivity contribution is 7.98. The zero-order valence-corrected chi connectivity index (χ0v) is 12.2. The third-order valence-corrected chi connectivity index (χ3v) is 5.26. The average molecular weight is 301 g/mol. The van der Waals surface area contributed by atoms with E-state index in [2.05, 4.69) is 19.7 Å². The summed E-state index contributed by atoms with van der Waals surface area (Å²) >= 11 is 9.07. The normalized spacial score (nSPS) is 15.4. The molecule has 1 aliphatic heterocycles. The summed E-state index contributed by atoms with van der Waals surface area (Å²) in [6, 6.07) is 0. The van der Waals surface area contributed by atoms with Gasteiger partial charge in [0.1, 0.15) is 5.82 Å². The van der Waals surface area contributed by atoms with Crippen molar-refractivity contribution in [3.05, 3.63) is 21.4 Å². The second kappa shape index (κ2) is 5.59. The number of nitrogens with zero attached hydrogens (tertiary/aromatic N) is 4. The van der Waals surface area contributed by atoms with E-state index in [0.717, 1.165) is 29.7 Å². The Bertz CT molecular complexity index is 537. The predicted octanol–water partition coefficient (Wildman–Crippen LogP) is 3.41. The van der Waals surface area contributed by atoms with Crippen molar-refractivity contribution >= 4 is 34.7 Å². The predicted molar refractivity (Wildman–Crippen MR) is 74.3 cm³/mol. The molecule has 0 saturated heterocycles. The van der Waals surface area contributed by atoms with Gasteiger partial charge in [-0.25, -0.2) is 4.98 Å². The largest absolute Gasteiger partial charge is 0.306 e. The van der Waals surface area contributed by atoms with Crippen molar-refractivity contribution in [2.75, 3.05) is 0 Å². The zero-order valence-electron chi connectivity index (χ0n) is 9.80. The van der Waals surface area contributed by atoms with Gasteiger partial charge in [0.25, 0.3) is 0 Å². The molecule has 0 saturated carbocycles. The molecule has 0 aliphatic carbocycles. The molecule has 2 aromatic heterocycles. The first-order valence-electron chi connectivity index (χ1n) is 5.98. The van der Waals surface area contributed by atoms with Crippen molar-refractivity contribution in [1.29, 1.82) is 0 Å². The van der Waals surface area contributed by atoms with E-state index in [1.165, 1.54) is 35.5 Å². The fourth-order valence-electron chi connectivity index (χ4n) is 2.05. The van der Waals surface area contributed by atoms with Gasteiger partial charge in [0.15, 0.2) is 9.62 Å². The number of thiazole rings is 1. The molecule has 0 unspecified atom stereocenters. The van der Waals surface area contributed by atoms with E-state index in [-0.39, 0.29) is 0 Å². The maximum absolute atomic E-state index is 5.82. The van der Waals surface area contributed by atoms with Gasteiger partial charge in [-0.3, -0.25) is 0 Å². The highest BCUT2D eigenvalue weighted by Gasteiger charge is 2.15. The van der Waals surface area contributed by atoms with E-state index in [4.69, 9.17) is 11.6 Å². The van der Waals surface area contributed by atoms with Gasteiger partial charge in [0.05, 0.1) is 0 Å². The van der Waals surface area contributed by atoms with Crippen LogP contribution in [-0.2, 0) is 18.7 Å². The van der Waals surface area contributed by atoms with Crippen LogP contribution in [0.4, 0.5) is 0 Å². The second-order valence-electron chi connectivity index (χ2n) is 4.23. The lowest BCUT2D eigenvalue weighted by Gasteiger charge is -2.05. The maximum Gasteiger partial charge on any atom is 0.191 e. The SMILES string of the molecule is Clc1ncc(CSc2nnc3n2CCCCC3)s1. The van der Waals surface area contributed by atoms with Crippen LogP contribution in [0.5, 0.6) is 0 Å². The highest BCUT2D eigenvalue weighted by atomic mass is 35.5. The Morgan fingerprint density at radius 2 is 2.28 bits per heavy atom. The lowest BCUT2D eigenvalue weighted by molar-refractivity contribution is 0.591. The van der Waals surface area contributed by atoms with Gasteiger partial charge < -0.3 is 4.57 Å². The Labute approximate surface area is 119 Å². The molecule has 4 nitrogen and oxygen atoms in total. The first-order chi connectivity index (χ1) is 8.83. The summed E-state index contributed by atoms with van der Waals surface area (Å²) in [5, 5.41) is 9.60. The van der Waals surface area contributed by atoms with E-state index in [1.807, 2.05) is 6.20 Å². The Kier molecular flexibility index (Phi) is 3.86. The van der Waals surface area contributed by atoms with E-state index >= 15 is 0 Å². The molecule has 3 rings (SSSR count). The van der Waals surface area contributed by atoms with Crippen LogP contribution in [0.1, 0.15) is 30.0 Å².